The van der Waals surface area contributed by atoms with Gasteiger partial charge in [-0.1, -0.05) is 53.2 Å². The van der Waals surface area contributed by atoms with Crippen molar-refractivity contribution in [1.82, 2.24) is 4.90 Å². The highest BCUT2D eigenvalue weighted by Crippen LogP contribution is 2.34. The Labute approximate surface area is 198 Å². The van der Waals surface area contributed by atoms with E-state index >= 15 is 0 Å². The van der Waals surface area contributed by atoms with Crippen molar-refractivity contribution < 1.29 is 18.8 Å². The molecule has 0 spiro atoms. The third-order valence-electron chi connectivity index (χ3n) is 4.44. The molecular weight excluding hydrogens is 468 g/mol. The number of imide groups is 1. The number of carbonyl (C=O) groups excluding carboxylic acids is 3. The molecule has 3 aromatic rings. The number of furan rings is 1. The van der Waals surface area contributed by atoms with Crippen LogP contribution in [0.2, 0.25) is 5.02 Å². The van der Waals surface area contributed by atoms with Gasteiger partial charge in [0.2, 0.25) is 5.91 Å². The molecule has 0 bridgehead atoms. The van der Waals surface area contributed by atoms with Crippen molar-refractivity contribution in [3.8, 4) is 0 Å². The summed E-state index contributed by atoms with van der Waals surface area (Å²) >= 11 is 8.26. The number of thioether (sulfide) groups is 1. The summed E-state index contributed by atoms with van der Waals surface area (Å²) in [5.74, 6) is -0.611. The Kier molecular flexibility index (Phi) is 6.74. The zero-order valence-corrected chi connectivity index (χ0v) is 19.2. The van der Waals surface area contributed by atoms with E-state index in [0.717, 1.165) is 21.6 Å². The number of rotatable bonds is 6. The summed E-state index contributed by atoms with van der Waals surface area (Å²) in [7, 11) is 0. The van der Waals surface area contributed by atoms with Crippen LogP contribution in [0.3, 0.4) is 0 Å². The summed E-state index contributed by atoms with van der Waals surface area (Å²) < 4.78 is 5.77. The molecule has 1 saturated heterocycles. The molecule has 2 heterocycles. The molecule has 0 aliphatic carbocycles. The van der Waals surface area contributed by atoms with E-state index in [4.69, 9.17) is 16.0 Å². The molecule has 1 aliphatic rings. The van der Waals surface area contributed by atoms with Crippen molar-refractivity contribution in [1.29, 1.82) is 0 Å². The Morgan fingerprint density at radius 2 is 1.88 bits per heavy atom. The van der Waals surface area contributed by atoms with Crippen molar-refractivity contribution in [2.24, 2.45) is 0 Å². The molecular formula is C23H17ClN2O4S2. The van der Waals surface area contributed by atoms with Crippen LogP contribution < -0.4 is 5.32 Å². The lowest BCUT2D eigenvalue weighted by Crippen LogP contribution is -2.36. The number of para-hydroxylation sites is 1. The largest absolute Gasteiger partial charge is 0.450 e. The van der Waals surface area contributed by atoms with Gasteiger partial charge in [0.05, 0.1) is 15.6 Å². The fourth-order valence-corrected chi connectivity index (χ4v) is 4.63. The predicted octanol–water partition coefficient (Wildman–Crippen LogP) is 6.07. The van der Waals surface area contributed by atoms with Gasteiger partial charge in [0.25, 0.3) is 11.1 Å². The molecule has 0 unspecified atom stereocenters. The number of halogens is 1. The van der Waals surface area contributed by atoms with Crippen LogP contribution in [0.15, 0.2) is 80.0 Å². The van der Waals surface area contributed by atoms with E-state index in [1.54, 1.807) is 36.4 Å². The molecule has 2 aromatic carbocycles. The molecule has 1 aliphatic heterocycles. The highest BCUT2D eigenvalue weighted by atomic mass is 35.5. The van der Waals surface area contributed by atoms with Crippen LogP contribution in [-0.2, 0) is 9.59 Å². The SMILES string of the molecule is Cc1ccc(Sc2ccc(/C=C3/SC(=O)N(CC(=O)Nc4ccccc4Cl)C3=O)o2)cc1. The van der Waals surface area contributed by atoms with Crippen molar-refractivity contribution in [2.75, 3.05) is 11.9 Å². The highest BCUT2D eigenvalue weighted by molar-refractivity contribution is 8.18. The normalized spacial score (nSPS) is 14.9. The van der Waals surface area contributed by atoms with E-state index in [1.165, 1.54) is 23.4 Å². The minimum Gasteiger partial charge on any atom is -0.450 e. The summed E-state index contributed by atoms with van der Waals surface area (Å²) in [6.07, 6.45) is 1.51. The second kappa shape index (κ2) is 9.68. The first kappa shape index (κ1) is 22.3. The van der Waals surface area contributed by atoms with Gasteiger partial charge in [-0.15, -0.1) is 0 Å². The third kappa shape index (κ3) is 5.27. The minimum absolute atomic E-state index is 0.196. The molecule has 162 valence electrons. The van der Waals surface area contributed by atoms with Gasteiger partial charge < -0.3 is 9.73 Å². The summed E-state index contributed by atoms with van der Waals surface area (Å²) in [4.78, 5) is 39.4. The number of carbonyl (C=O) groups is 3. The van der Waals surface area contributed by atoms with E-state index in [-0.39, 0.29) is 4.91 Å². The molecule has 1 fully saturated rings. The predicted molar refractivity (Wildman–Crippen MR) is 127 cm³/mol. The van der Waals surface area contributed by atoms with Gasteiger partial charge in [-0.25, -0.2) is 0 Å². The number of anilines is 1. The molecule has 0 atom stereocenters. The monoisotopic (exact) mass is 484 g/mol. The van der Waals surface area contributed by atoms with E-state index in [2.05, 4.69) is 5.32 Å². The number of nitrogens with zero attached hydrogens (tertiary/aromatic N) is 1. The van der Waals surface area contributed by atoms with Crippen LogP contribution >= 0.6 is 35.1 Å². The fraction of sp³-hybridized carbons (Fsp3) is 0.0870. The zero-order valence-electron chi connectivity index (χ0n) is 16.8. The maximum atomic E-state index is 12.7. The quantitative estimate of drug-likeness (QED) is 0.428. The average molecular weight is 485 g/mol. The number of aryl methyl sites for hydroxylation is 1. The van der Waals surface area contributed by atoms with Gasteiger partial charge in [-0.2, -0.15) is 0 Å². The van der Waals surface area contributed by atoms with E-state index in [9.17, 15) is 14.4 Å². The molecule has 0 saturated carbocycles. The lowest BCUT2D eigenvalue weighted by molar-refractivity contribution is -0.127. The molecule has 1 aromatic heterocycles. The van der Waals surface area contributed by atoms with Crippen LogP contribution in [0.1, 0.15) is 11.3 Å². The topological polar surface area (TPSA) is 79.6 Å². The van der Waals surface area contributed by atoms with Crippen LogP contribution in [-0.4, -0.2) is 28.5 Å². The van der Waals surface area contributed by atoms with Gasteiger partial charge in [-0.05, 0) is 55.1 Å². The zero-order chi connectivity index (χ0) is 22.7. The lowest BCUT2D eigenvalue weighted by Gasteiger charge is -2.13. The van der Waals surface area contributed by atoms with Crippen molar-refractivity contribution in [3.05, 3.63) is 81.9 Å². The summed E-state index contributed by atoms with van der Waals surface area (Å²) in [6.45, 7) is 1.62. The number of hydrogen-bond acceptors (Lipinski definition) is 6. The van der Waals surface area contributed by atoms with Gasteiger partial charge >= 0.3 is 0 Å². The van der Waals surface area contributed by atoms with Crippen LogP contribution in [0.25, 0.3) is 6.08 Å². The van der Waals surface area contributed by atoms with Crippen molar-refractivity contribution >= 4 is 63.9 Å². The standard InChI is InChI=1S/C23H17ClN2O4S2/c1-14-6-9-16(10-7-14)31-21-11-8-15(30-21)12-19-22(28)26(23(29)32-19)13-20(27)25-18-5-3-2-4-17(18)24/h2-12H,13H2,1H3,(H,25,27)/b19-12+. The van der Waals surface area contributed by atoms with Crippen LogP contribution in [0.4, 0.5) is 10.5 Å². The number of hydrogen-bond donors (Lipinski definition) is 1. The summed E-state index contributed by atoms with van der Waals surface area (Å²) in [5, 5.41) is 3.12. The smallest absolute Gasteiger partial charge is 0.294 e. The van der Waals surface area contributed by atoms with E-state index < -0.39 is 23.6 Å². The number of amides is 3. The Hall–Kier alpha value is -2.94. The fourth-order valence-electron chi connectivity index (χ4n) is 2.85. The molecule has 9 heteroatoms. The minimum atomic E-state index is -0.543. The number of benzene rings is 2. The Balaban J connectivity index is 1.41. The highest BCUT2D eigenvalue weighted by Gasteiger charge is 2.36. The van der Waals surface area contributed by atoms with Crippen molar-refractivity contribution in [2.45, 2.75) is 16.9 Å². The van der Waals surface area contributed by atoms with Crippen LogP contribution in [0, 0.1) is 6.92 Å². The molecule has 3 amide bonds. The van der Waals surface area contributed by atoms with E-state index in [0.29, 0.717) is 21.6 Å². The van der Waals surface area contributed by atoms with Crippen molar-refractivity contribution in [3.63, 3.8) is 0 Å². The van der Waals surface area contributed by atoms with Gasteiger partial charge in [0, 0.05) is 11.0 Å². The Morgan fingerprint density at radius 3 is 2.62 bits per heavy atom. The second-order valence-electron chi connectivity index (χ2n) is 6.87. The Morgan fingerprint density at radius 1 is 1.12 bits per heavy atom. The maximum Gasteiger partial charge on any atom is 0.294 e. The molecule has 32 heavy (non-hydrogen) atoms. The molecule has 6 nitrogen and oxygen atoms in total. The van der Waals surface area contributed by atoms with E-state index in [1.807, 2.05) is 31.2 Å². The van der Waals surface area contributed by atoms with Gasteiger partial charge in [0.1, 0.15) is 12.3 Å². The molecule has 1 N–H and O–H groups in total. The second-order valence-corrected chi connectivity index (χ2v) is 9.35. The first-order valence-corrected chi connectivity index (χ1v) is 11.5. The maximum absolute atomic E-state index is 12.7. The summed E-state index contributed by atoms with van der Waals surface area (Å²) in [5.41, 5.74) is 1.58. The van der Waals surface area contributed by atoms with Gasteiger partial charge in [0.15, 0.2) is 5.09 Å². The summed E-state index contributed by atoms with van der Waals surface area (Å²) in [6, 6.07) is 18.3. The lowest BCUT2D eigenvalue weighted by atomic mass is 10.2. The Bertz CT molecular complexity index is 1220. The molecule has 4 rings (SSSR count). The average Bonchev–Trinajstić information content (AvgIpc) is 3.31. The van der Waals surface area contributed by atoms with Crippen LogP contribution in [0.5, 0.6) is 0 Å². The number of nitrogens with one attached hydrogen (secondary N) is 1. The molecule has 0 radical (unpaired) electrons. The third-order valence-corrected chi connectivity index (χ3v) is 6.60. The first-order valence-electron chi connectivity index (χ1n) is 9.53. The first-order chi connectivity index (χ1) is 15.4. The van der Waals surface area contributed by atoms with Gasteiger partial charge in [-0.3, -0.25) is 19.3 Å².